The monoisotopic (exact) mass is 407 g/mol. The second-order valence-corrected chi connectivity index (χ2v) is 8.18. The lowest BCUT2D eigenvalue weighted by atomic mass is 10.1. The summed E-state index contributed by atoms with van der Waals surface area (Å²) in [5, 5.41) is 9.29. The fraction of sp³-hybridized carbons (Fsp3) is 0.722. The second-order valence-electron chi connectivity index (χ2n) is 7.15. The highest BCUT2D eigenvalue weighted by molar-refractivity contribution is 7.09. The normalized spacial score (nSPS) is 28.3. The van der Waals surface area contributed by atoms with Crippen molar-refractivity contribution in [1.82, 2.24) is 4.90 Å². The zero-order valence-electron chi connectivity index (χ0n) is 14.9. The molecule has 1 aliphatic heterocycles. The Labute approximate surface area is 160 Å². The van der Waals surface area contributed by atoms with Crippen molar-refractivity contribution in [2.45, 2.75) is 56.7 Å². The van der Waals surface area contributed by atoms with E-state index in [1.165, 1.54) is 30.6 Å². The van der Waals surface area contributed by atoms with Crippen molar-refractivity contribution in [3.05, 3.63) is 22.4 Å². The van der Waals surface area contributed by atoms with E-state index in [4.69, 9.17) is 19.4 Å². The Morgan fingerprint density at radius 2 is 2.07 bits per heavy atom. The Kier molecular flexibility index (Phi) is 6.78. The third kappa shape index (κ3) is 5.91. The summed E-state index contributed by atoms with van der Waals surface area (Å²) < 4.78 is 44.0. The van der Waals surface area contributed by atoms with Gasteiger partial charge >= 0.3 is 12.1 Å². The molecule has 0 amide bonds. The van der Waals surface area contributed by atoms with Crippen molar-refractivity contribution < 1.29 is 32.5 Å². The van der Waals surface area contributed by atoms with Crippen LogP contribution in [0.25, 0.3) is 0 Å². The molecule has 2 heterocycles. The molecule has 5 nitrogen and oxygen atoms in total. The molecule has 3 atom stereocenters. The summed E-state index contributed by atoms with van der Waals surface area (Å²) in [7, 11) is 0. The summed E-state index contributed by atoms with van der Waals surface area (Å²) in [5.41, 5.74) is 0. The number of nitrogens with zero attached hydrogens (tertiary/aromatic N) is 1. The minimum atomic E-state index is -5.08. The van der Waals surface area contributed by atoms with Crippen LogP contribution < -0.4 is 0 Å². The van der Waals surface area contributed by atoms with E-state index in [2.05, 4.69) is 22.4 Å². The van der Waals surface area contributed by atoms with Crippen molar-refractivity contribution in [3.8, 4) is 0 Å². The molecule has 2 saturated carbocycles. The zero-order chi connectivity index (χ0) is 19.4. The SMILES string of the molecule is O=C(O)C(F)(F)F.c1csc(CN2CCOC3CCC2C3OCC2CC2)c1. The quantitative estimate of drug-likeness (QED) is 0.809. The number of hydrogen-bond acceptors (Lipinski definition) is 5. The molecule has 2 bridgehead atoms. The third-order valence-corrected chi connectivity index (χ3v) is 5.94. The molecule has 1 saturated heterocycles. The van der Waals surface area contributed by atoms with E-state index in [0.717, 1.165) is 32.2 Å². The average Bonchev–Trinajstić information content (AvgIpc) is 3.15. The van der Waals surface area contributed by atoms with Crippen LogP contribution in [-0.2, 0) is 20.8 Å². The Hall–Kier alpha value is -1.16. The number of fused-ring (bicyclic) bond motifs is 2. The van der Waals surface area contributed by atoms with Gasteiger partial charge in [0.15, 0.2) is 0 Å². The van der Waals surface area contributed by atoms with Crippen LogP contribution in [0.5, 0.6) is 0 Å². The number of aliphatic carboxylic acids is 1. The second kappa shape index (κ2) is 8.89. The number of hydrogen-bond donors (Lipinski definition) is 1. The Morgan fingerprint density at radius 3 is 2.67 bits per heavy atom. The summed E-state index contributed by atoms with van der Waals surface area (Å²) in [4.78, 5) is 12.9. The van der Waals surface area contributed by atoms with Crippen LogP contribution in [0.3, 0.4) is 0 Å². The topological polar surface area (TPSA) is 59.0 Å². The molecule has 27 heavy (non-hydrogen) atoms. The molecular weight excluding hydrogens is 383 g/mol. The molecule has 3 unspecified atom stereocenters. The van der Waals surface area contributed by atoms with Gasteiger partial charge in [-0.25, -0.2) is 4.79 Å². The van der Waals surface area contributed by atoms with Gasteiger partial charge in [0, 0.05) is 30.6 Å². The molecule has 3 fully saturated rings. The fourth-order valence-electron chi connectivity index (χ4n) is 3.52. The Bertz CT molecular complexity index is 606. The third-order valence-electron chi connectivity index (χ3n) is 5.07. The lowest BCUT2D eigenvalue weighted by Gasteiger charge is -2.30. The minimum Gasteiger partial charge on any atom is -0.475 e. The van der Waals surface area contributed by atoms with Gasteiger partial charge in [-0.1, -0.05) is 6.07 Å². The van der Waals surface area contributed by atoms with E-state index in [9.17, 15) is 13.2 Å². The fourth-order valence-corrected chi connectivity index (χ4v) is 4.25. The average molecular weight is 407 g/mol. The van der Waals surface area contributed by atoms with Gasteiger partial charge in [0.1, 0.15) is 0 Å². The maximum Gasteiger partial charge on any atom is 0.490 e. The molecule has 152 valence electrons. The minimum absolute atomic E-state index is 0.304. The van der Waals surface area contributed by atoms with E-state index in [1.807, 2.05) is 11.3 Å². The van der Waals surface area contributed by atoms with Crippen molar-refractivity contribution >= 4 is 17.3 Å². The van der Waals surface area contributed by atoms with Crippen molar-refractivity contribution in [1.29, 1.82) is 0 Å². The highest BCUT2D eigenvalue weighted by atomic mass is 32.1. The first-order chi connectivity index (χ1) is 12.8. The predicted octanol–water partition coefficient (Wildman–Crippen LogP) is 3.54. The van der Waals surface area contributed by atoms with Crippen LogP contribution in [-0.4, -0.2) is 60.2 Å². The summed E-state index contributed by atoms with van der Waals surface area (Å²) in [6.07, 6.45) is 0.681. The van der Waals surface area contributed by atoms with Gasteiger partial charge in [0.2, 0.25) is 0 Å². The van der Waals surface area contributed by atoms with Gasteiger partial charge < -0.3 is 14.6 Å². The summed E-state index contributed by atoms with van der Waals surface area (Å²) >= 11 is 1.86. The first kappa shape index (κ1) is 20.6. The number of halogens is 3. The van der Waals surface area contributed by atoms with Crippen LogP contribution in [0.15, 0.2) is 17.5 Å². The maximum absolute atomic E-state index is 10.6. The molecule has 2 aliphatic carbocycles. The van der Waals surface area contributed by atoms with Crippen molar-refractivity contribution in [2.75, 3.05) is 19.8 Å². The van der Waals surface area contributed by atoms with E-state index >= 15 is 0 Å². The first-order valence-corrected chi connectivity index (χ1v) is 10.0. The maximum atomic E-state index is 10.6. The molecular formula is C18H24F3NO4S. The predicted molar refractivity (Wildman–Crippen MR) is 93.6 cm³/mol. The Balaban J connectivity index is 0.000000260. The summed E-state index contributed by atoms with van der Waals surface area (Å²) in [5.74, 6) is -1.92. The molecule has 0 spiro atoms. The molecule has 9 heteroatoms. The standard InChI is InChI=1S/C16H23NO2S.C2HF3O2/c1-2-13(20-9-1)10-17-7-8-18-15-6-5-14(17)16(15)19-11-12-3-4-12;3-2(4,5)1(6)7/h1-2,9,12,14-16H,3-8,10-11H2;(H,6,7). The lowest BCUT2D eigenvalue weighted by molar-refractivity contribution is -0.192. The van der Waals surface area contributed by atoms with Gasteiger partial charge in [0.25, 0.3) is 0 Å². The van der Waals surface area contributed by atoms with E-state index in [-0.39, 0.29) is 0 Å². The molecule has 1 aromatic heterocycles. The largest absolute Gasteiger partial charge is 0.490 e. The molecule has 0 aromatic carbocycles. The van der Waals surface area contributed by atoms with Crippen molar-refractivity contribution in [3.63, 3.8) is 0 Å². The molecule has 3 aliphatic rings. The van der Waals surface area contributed by atoms with E-state index < -0.39 is 12.1 Å². The van der Waals surface area contributed by atoms with Crippen LogP contribution in [0.4, 0.5) is 13.2 Å². The van der Waals surface area contributed by atoms with Gasteiger partial charge in [-0.3, -0.25) is 4.90 Å². The molecule has 1 aromatic rings. The van der Waals surface area contributed by atoms with Crippen molar-refractivity contribution in [2.24, 2.45) is 5.92 Å². The van der Waals surface area contributed by atoms with Gasteiger partial charge in [-0.15, -0.1) is 11.3 Å². The molecule has 0 radical (unpaired) electrons. The number of alkyl halides is 3. The van der Waals surface area contributed by atoms with Gasteiger partial charge in [-0.05, 0) is 43.0 Å². The smallest absolute Gasteiger partial charge is 0.475 e. The summed E-state index contributed by atoms with van der Waals surface area (Å²) in [6, 6.07) is 4.94. The number of ether oxygens (including phenoxy) is 2. The zero-order valence-corrected chi connectivity index (χ0v) is 15.7. The number of carbonyl (C=O) groups is 1. The molecule has 4 rings (SSSR count). The van der Waals surface area contributed by atoms with Crippen LogP contribution >= 0.6 is 11.3 Å². The van der Waals surface area contributed by atoms with Gasteiger partial charge in [-0.2, -0.15) is 13.2 Å². The molecule has 1 N–H and O–H groups in total. The van der Waals surface area contributed by atoms with Crippen LogP contribution in [0.2, 0.25) is 0 Å². The summed E-state index contributed by atoms with van der Waals surface area (Å²) in [6.45, 7) is 3.91. The van der Waals surface area contributed by atoms with Gasteiger partial charge in [0.05, 0.1) is 18.8 Å². The number of rotatable bonds is 5. The van der Waals surface area contributed by atoms with Crippen LogP contribution in [0.1, 0.15) is 30.6 Å². The number of thiophene rings is 1. The highest BCUT2D eigenvalue weighted by Crippen LogP contribution is 2.36. The highest BCUT2D eigenvalue weighted by Gasteiger charge is 2.43. The first-order valence-electron chi connectivity index (χ1n) is 9.14. The van der Waals surface area contributed by atoms with E-state index in [0.29, 0.717) is 18.2 Å². The Morgan fingerprint density at radius 1 is 1.33 bits per heavy atom. The van der Waals surface area contributed by atoms with E-state index in [1.54, 1.807) is 0 Å². The number of carboxylic acids is 1. The number of carboxylic acid groups (broad SMARTS) is 1. The lowest BCUT2D eigenvalue weighted by Crippen LogP contribution is -2.43. The van der Waals surface area contributed by atoms with Crippen LogP contribution in [0, 0.1) is 5.92 Å².